The van der Waals surface area contributed by atoms with Gasteiger partial charge in [0.25, 0.3) is 0 Å². The molecule has 4 nitrogen and oxygen atoms in total. The van der Waals surface area contributed by atoms with Gasteiger partial charge in [-0.25, -0.2) is 0 Å². The Morgan fingerprint density at radius 2 is 1.72 bits per heavy atom. The zero-order valence-electron chi connectivity index (χ0n) is 16.9. The van der Waals surface area contributed by atoms with Gasteiger partial charge in [0.05, 0.1) is 0 Å². The van der Waals surface area contributed by atoms with Crippen molar-refractivity contribution in [2.24, 2.45) is 0 Å². The molecule has 2 aromatic carbocycles. The van der Waals surface area contributed by atoms with Crippen molar-refractivity contribution >= 4 is 35.8 Å². The number of aromatic carboxylic acids is 1. The summed E-state index contributed by atoms with van der Waals surface area (Å²) in [5, 5.41) is 12.1. The van der Waals surface area contributed by atoms with Crippen molar-refractivity contribution in [3.63, 3.8) is 0 Å². The molecule has 2 aliphatic rings. The van der Waals surface area contributed by atoms with E-state index in [1.165, 1.54) is 8.70 Å². The number of rotatable bonds is 3. The second-order valence-corrected chi connectivity index (χ2v) is 9.75. The second kappa shape index (κ2) is 7.51. The van der Waals surface area contributed by atoms with E-state index in [2.05, 4.69) is 45.9 Å². The molecule has 0 aromatic heterocycles. The van der Waals surface area contributed by atoms with Gasteiger partial charge in [-0.1, -0.05) is 0 Å². The fraction of sp³-hybridized carbons (Fsp3) is 0.167. The Morgan fingerprint density at radius 3 is 2.41 bits per heavy atom. The monoisotopic (exact) mass is 451 g/mol. The molecule has 0 spiro atoms. The van der Waals surface area contributed by atoms with Crippen LogP contribution in [0.25, 0.3) is 30.8 Å². The van der Waals surface area contributed by atoms with Crippen LogP contribution in [-0.4, -0.2) is 53.8 Å². The fourth-order valence-electron chi connectivity index (χ4n) is 3.60. The van der Waals surface area contributed by atoms with Crippen molar-refractivity contribution in [1.82, 2.24) is 4.58 Å². The van der Waals surface area contributed by atoms with Crippen molar-refractivity contribution in [2.75, 3.05) is 33.1 Å². The second-order valence-electron chi connectivity index (χ2n) is 7.48. The average Bonchev–Trinajstić information content (AvgIpc) is 2.70. The number of carboxylic acid groups (broad SMARTS) is 1. The Balaban J connectivity index is 2.19. The molecular weight excluding hydrogens is 427 g/mol. The summed E-state index contributed by atoms with van der Waals surface area (Å²) in [6, 6.07) is 20.3. The van der Waals surface area contributed by atoms with E-state index >= 15 is 0 Å². The van der Waals surface area contributed by atoms with Crippen LogP contribution >= 0.6 is 0 Å². The number of anilines is 1. The summed E-state index contributed by atoms with van der Waals surface area (Å²) in [5.74, 6) is -0.901. The molecule has 2 aromatic rings. The summed E-state index contributed by atoms with van der Waals surface area (Å²) < 4.78 is 4.66. The maximum absolute atomic E-state index is 12.0. The van der Waals surface area contributed by atoms with Gasteiger partial charge in [0.2, 0.25) is 0 Å². The quantitative estimate of drug-likeness (QED) is 0.295. The molecule has 29 heavy (non-hydrogen) atoms. The van der Waals surface area contributed by atoms with Crippen LogP contribution in [0.5, 0.6) is 0 Å². The molecule has 146 valence electrons. The molecule has 1 heterocycles. The molecule has 5 heteroatoms. The molecular formula is C24H23N2O2Se+. The minimum absolute atomic E-state index is 0.143. The van der Waals surface area contributed by atoms with E-state index in [1.807, 2.05) is 40.3 Å². The molecule has 0 atom stereocenters. The summed E-state index contributed by atoms with van der Waals surface area (Å²) in [6.07, 6.45) is 0. The molecule has 0 radical (unpaired) electrons. The van der Waals surface area contributed by atoms with Crippen LogP contribution in [0, 0.1) is 0 Å². The first kappa shape index (κ1) is 19.4. The normalized spacial score (nSPS) is 11.0. The Bertz CT molecular complexity index is 1280. The summed E-state index contributed by atoms with van der Waals surface area (Å²) in [6.45, 7) is 0. The van der Waals surface area contributed by atoms with Crippen LogP contribution in [0.1, 0.15) is 10.4 Å². The number of benzene rings is 3. The third-order valence-electron chi connectivity index (χ3n) is 5.15. The molecule has 4 rings (SSSR count). The van der Waals surface area contributed by atoms with Crippen LogP contribution in [0.15, 0.2) is 60.7 Å². The van der Waals surface area contributed by atoms with Crippen LogP contribution in [0.3, 0.4) is 0 Å². The van der Waals surface area contributed by atoms with E-state index in [1.54, 1.807) is 12.1 Å². The van der Waals surface area contributed by atoms with E-state index in [-0.39, 0.29) is 14.5 Å². The summed E-state index contributed by atoms with van der Waals surface area (Å²) in [5.41, 5.74) is 4.41. The van der Waals surface area contributed by atoms with Gasteiger partial charge in [0.15, 0.2) is 0 Å². The Hall–Kier alpha value is -2.88. The zero-order chi connectivity index (χ0) is 20.7. The summed E-state index contributed by atoms with van der Waals surface area (Å²) >= 11 is 0.143. The molecule has 1 N–H and O–H groups in total. The van der Waals surface area contributed by atoms with Crippen LogP contribution in [0.2, 0.25) is 0 Å². The van der Waals surface area contributed by atoms with Gasteiger partial charge in [-0.15, -0.1) is 0 Å². The summed E-state index contributed by atoms with van der Waals surface area (Å²) in [7, 11) is 8.17. The van der Waals surface area contributed by atoms with Gasteiger partial charge in [-0.3, -0.25) is 0 Å². The summed E-state index contributed by atoms with van der Waals surface area (Å²) in [4.78, 5) is 14.1. The third kappa shape index (κ3) is 3.48. The van der Waals surface area contributed by atoms with Crippen LogP contribution in [0.4, 0.5) is 5.69 Å². The number of hydrogen-bond donors (Lipinski definition) is 1. The molecule has 0 amide bonds. The van der Waals surface area contributed by atoms with Crippen molar-refractivity contribution in [3.8, 4) is 21.1 Å². The van der Waals surface area contributed by atoms with Gasteiger partial charge < -0.3 is 0 Å². The predicted octanol–water partition coefficient (Wildman–Crippen LogP) is 3.46. The first-order valence-corrected chi connectivity index (χ1v) is 11.1. The van der Waals surface area contributed by atoms with E-state index in [9.17, 15) is 9.90 Å². The minimum atomic E-state index is -0.901. The van der Waals surface area contributed by atoms with Gasteiger partial charge in [0.1, 0.15) is 0 Å². The molecule has 0 bridgehead atoms. The van der Waals surface area contributed by atoms with E-state index in [4.69, 9.17) is 0 Å². The zero-order valence-corrected chi connectivity index (χ0v) is 18.6. The molecule has 0 unspecified atom stereocenters. The first-order chi connectivity index (χ1) is 13.9. The maximum atomic E-state index is 12.0. The molecule has 0 fully saturated rings. The van der Waals surface area contributed by atoms with Crippen molar-refractivity contribution in [3.05, 3.63) is 71.6 Å². The Morgan fingerprint density at radius 1 is 0.966 bits per heavy atom. The molecule has 0 saturated carbocycles. The van der Waals surface area contributed by atoms with Gasteiger partial charge in [-0.05, 0) is 0 Å². The predicted molar refractivity (Wildman–Crippen MR) is 121 cm³/mol. The number of hydrogen-bond acceptors (Lipinski definition) is 2. The Kier molecular flexibility index (Phi) is 5.03. The average molecular weight is 450 g/mol. The SMILES string of the molecule is CN(C)c1ccc2c(-c3ccccc3C(=O)O)c3ccc(=[N+](C)C)cc-3[se]c2c1. The topological polar surface area (TPSA) is 43.6 Å². The molecule has 1 aliphatic carbocycles. The first-order valence-electron chi connectivity index (χ1n) is 9.38. The van der Waals surface area contributed by atoms with E-state index in [0.29, 0.717) is 5.56 Å². The van der Waals surface area contributed by atoms with Gasteiger partial charge >= 0.3 is 176 Å². The van der Waals surface area contributed by atoms with E-state index in [0.717, 1.165) is 33.1 Å². The van der Waals surface area contributed by atoms with Crippen LogP contribution < -0.4 is 14.8 Å². The number of nitrogens with zero attached hydrogens (tertiary/aromatic N) is 2. The fourth-order valence-corrected chi connectivity index (χ4v) is 6.03. The van der Waals surface area contributed by atoms with Crippen molar-refractivity contribution < 1.29 is 9.90 Å². The molecule has 1 aliphatic heterocycles. The standard InChI is InChI=1S/C24H22N2O2Se/c1-25(2)15-9-11-19-21(13-15)29-22-14-16(26(3)4)10-12-20(22)23(19)17-7-5-6-8-18(17)24(27)28/h5-14H,1-4H3/p+1. The number of fused-ring (bicyclic) bond motifs is 2. The van der Waals surface area contributed by atoms with Crippen molar-refractivity contribution in [2.45, 2.75) is 0 Å². The number of carbonyl (C=O) groups is 1. The Labute approximate surface area is 176 Å². The molecule has 0 saturated heterocycles. The van der Waals surface area contributed by atoms with Crippen LogP contribution in [-0.2, 0) is 0 Å². The van der Waals surface area contributed by atoms with E-state index < -0.39 is 5.97 Å². The van der Waals surface area contributed by atoms with Crippen molar-refractivity contribution in [1.29, 1.82) is 0 Å². The number of carboxylic acids is 1. The van der Waals surface area contributed by atoms with Gasteiger partial charge in [0, 0.05) is 0 Å². The third-order valence-corrected chi connectivity index (χ3v) is 7.49. The van der Waals surface area contributed by atoms with Gasteiger partial charge in [-0.2, -0.15) is 0 Å².